The van der Waals surface area contributed by atoms with Gasteiger partial charge in [0.05, 0.1) is 19.4 Å². The summed E-state index contributed by atoms with van der Waals surface area (Å²) in [5.74, 6) is 0.936. The summed E-state index contributed by atoms with van der Waals surface area (Å²) >= 11 is 1.72. The summed E-state index contributed by atoms with van der Waals surface area (Å²) in [7, 11) is 1.54. The van der Waals surface area contributed by atoms with Crippen molar-refractivity contribution >= 4 is 17.0 Å². The lowest BCUT2D eigenvalue weighted by atomic mass is 10.3. The summed E-state index contributed by atoms with van der Waals surface area (Å²) in [5, 5.41) is 2.06. The van der Waals surface area contributed by atoms with Gasteiger partial charge in [-0.3, -0.25) is 0 Å². The third-order valence-electron chi connectivity index (χ3n) is 2.24. The molecule has 0 aromatic carbocycles. The van der Waals surface area contributed by atoms with Gasteiger partial charge >= 0.3 is 0 Å². The molecule has 2 N–H and O–H groups in total. The van der Waals surface area contributed by atoms with Crippen molar-refractivity contribution in [3.05, 3.63) is 34.5 Å². The van der Waals surface area contributed by atoms with E-state index in [1.165, 1.54) is 12.0 Å². The Bertz CT molecular complexity index is 471. The Hall–Kier alpha value is -1.75. The van der Waals surface area contributed by atoms with Gasteiger partial charge in [-0.05, 0) is 17.5 Å². The first kappa shape index (κ1) is 11.7. The number of methoxy groups -OCH3 is 1. The number of rotatable bonds is 5. The normalized spacial score (nSPS) is 10.2. The Morgan fingerprint density at radius 2 is 2.24 bits per heavy atom. The van der Waals surface area contributed by atoms with E-state index in [0.717, 1.165) is 6.42 Å². The van der Waals surface area contributed by atoms with Crippen LogP contribution in [-0.4, -0.2) is 18.7 Å². The highest BCUT2D eigenvalue weighted by Crippen LogP contribution is 2.21. The minimum absolute atomic E-state index is 0.402. The standard InChI is InChI=1S/C12H14N2O2S/c1-15-12-10(13)4-5-11(14-12)16-7-6-9-3-2-8-17-9/h2-5,8H,6-7,13H2,1H3. The molecule has 0 amide bonds. The molecule has 2 heterocycles. The van der Waals surface area contributed by atoms with Gasteiger partial charge in [0.15, 0.2) is 0 Å². The van der Waals surface area contributed by atoms with Crippen LogP contribution in [0.2, 0.25) is 0 Å². The minimum Gasteiger partial charge on any atom is -0.479 e. The van der Waals surface area contributed by atoms with E-state index < -0.39 is 0 Å². The van der Waals surface area contributed by atoms with Gasteiger partial charge < -0.3 is 15.2 Å². The molecule has 0 unspecified atom stereocenters. The Labute approximate surface area is 104 Å². The average molecular weight is 250 g/mol. The molecular weight excluding hydrogens is 236 g/mol. The molecule has 0 spiro atoms. The largest absolute Gasteiger partial charge is 0.479 e. The van der Waals surface area contributed by atoms with E-state index in [0.29, 0.717) is 24.1 Å². The van der Waals surface area contributed by atoms with Crippen LogP contribution < -0.4 is 15.2 Å². The van der Waals surface area contributed by atoms with Crippen LogP contribution in [0.1, 0.15) is 4.88 Å². The number of pyridine rings is 1. The van der Waals surface area contributed by atoms with Crippen molar-refractivity contribution < 1.29 is 9.47 Å². The molecule has 0 aliphatic heterocycles. The van der Waals surface area contributed by atoms with E-state index in [1.54, 1.807) is 23.5 Å². The molecule has 17 heavy (non-hydrogen) atoms. The lowest BCUT2D eigenvalue weighted by molar-refractivity contribution is 0.302. The number of hydrogen-bond acceptors (Lipinski definition) is 5. The number of nitrogens with two attached hydrogens (primary N) is 1. The number of nitrogen functional groups attached to an aromatic ring is 1. The SMILES string of the molecule is COc1nc(OCCc2cccs2)ccc1N. The highest BCUT2D eigenvalue weighted by molar-refractivity contribution is 7.09. The lowest BCUT2D eigenvalue weighted by Gasteiger charge is -2.07. The van der Waals surface area contributed by atoms with Crippen LogP contribution in [-0.2, 0) is 6.42 Å². The quantitative estimate of drug-likeness (QED) is 0.885. The molecule has 0 aliphatic carbocycles. The molecule has 0 bridgehead atoms. The Balaban J connectivity index is 1.90. The van der Waals surface area contributed by atoms with Crippen LogP contribution in [0.5, 0.6) is 11.8 Å². The van der Waals surface area contributed by atoms with Gasteiger partial charge in [-0.15, -0.1) is 11.3 Å². The third kappa shape index (κ3) is 3.10. The Morgan fingerprint density at radius 1 is 1.35 bits per heavy atom. The van der Waals surface area contributed by atoms with Crippen molar-refractivity contribution in [3.63, 3.8) is 0 Å². The summed E-state index contributed by atoms with van der Waals surface area (Å²) in [6.07, 6.45) is 0.881. The maximum atomic E-state index is 5.66. The van der Waals surface area contributed by atoms with Crippen LogP contribution in [0.25, 0.3) is 0 Å². The molecule has 4 nitrogen and oxygen atoms in total. The zero-order valence-corrected chi connectivity index (χ0v) is 10.4. The van der Waals surface area contributed by atoms with Gasteiger partial charge in [-0.1, -0.05) is 6.07 Å². The van der Waals surface area contributed by atoms with Gasteiger partial charge in [-0.2, -0.15) is 4.98 Å². The monoisotopic (exact) mass is 250 g/mol. The van der Waals surface area contributed by atoms with E-state index >= 15 is 0 Å². The van der Waals surface area contributed by atoms with Gasteiger partial charge in [0.25, 0.3) is 0 Å². The fourth-order valence-electron chi connectivity index (χ4n) is 1.39. The molecule has 0 atom stereocenters. The number of aromatic nitrogens is 1. The van der Waals surface area contributed by atoms with Crippen LogP contribution in [0, 0.1) is 0 Å². The zero-order chi connectivity index (χ0) is 12.1. The van der Waals surface area contributed by atoms with Crippen molar-refractivity contribution in [2.24, 2.45) is 0 Å². The topological polar surface area (TPSA) is 57.4 Å². The van der Waals surface area contributed by atoms with E-state index in [2.05, 4.69) is 16.4 Å². The third-order valence-corrected chi connectivity index (χ3v) is 3.17. The second-order valence-corrected chi connectivity index (χ2v) is 4.46. The summed E-state index contributed by atoms with van der Waals surface area (Å²) in [4.78, 5) is 5.44. The van der Waals surface area contributed by atoms with E-state index in [9.17, 15) is 0 Å². The molecule has 2 aromatic rings. The summed E-state index contributed by atoms with van der Waals surface area (Å²) in [6.45, 7) is 0.598. The smallest absolute Gasteiger partial charge is 0.240 e. The predicted octanol–water partition coefficient (Wildman–Crippen LogP) is 2.36. The summed E-state index contributed by atoms with van der Waals surface area (Å²) in [6, 6.07) is 7.59. The Kier molecular flexibility index (Phi) is 3.82. The number of nitrogens with zero attached hydrogens (tertiary/aromatic N) is 1. The first-order chi connectivity index (χ1) is 8.29. The molecule has 0 fully saturated rings. The van der Waals surface area contributed by atoms with Crippen LogP contribution in [0.15, 0.2) is 29.6 Å². The molecule has 0 radical (unpaired) electrons. The zero-order valence-electron chi connectivity index (χ0n) is 9.55. The van der Waals surface area contributed by atoms with Crippen LogP contribution >= 0.6 is 11.3 Å². The summed E-state index contributed by atoms with van der Waals surface area (Å²) in [5.41, 5.74) is 6.18. The Morgan fingerprint density at radius 3 is 2.94 bits per heavy atom. The number of thiophene rings is 1. The van der Waals surface area contributed by atoms with Crippen molar-refractivity contribution in [2.45, 2.75) is 6.42 Å². The second kappa shape index (κ2) is 5.54. The van der Waals surface area contributed by atoms with Crippen LogP contribution in [0.3, 0.4) is 0 Å². The van der Waals surface area contributed by atoms with Crippen LogP contribution in [0.4, 0.5) is 5.69 Å². The van der Waals surface area contributed by atoms with E-state index in [1.807, 2.05) is 6.07 Å². The maximum absolute atomic E-state index is 5.66. The van der Waals surface area contributed by atoms with Gasteiger partial charge in [-0.25, -0.2) is 0 Å². The van der Waals surface area contributed by atoms with Gasteiger partial charge in [0.2, 0.25) is 11.8 Å². The average Bonchev–Trinajstić information content (AvgIpc) is 2.84. The summed E-state index contributed by atoms with van der Waals surface area (Å²) < 4.78 is 10.6. The van der Waals surface area contributed by atoms with E-state index in [4.69, 9.17) is 15.2 Å². The molecule has 0 saturated heterocycles. The molecule has 5 heteroatoms. The highest BCUT2D eigenvalue weighted by Gasteiger charge is 2.03. The van der Waals surface area contributed by atoms with Crippen molar-refractivity contribution in [1.82, 2.24) is 4.98 Å². The van der Waals surface area contributed by atoms with Crippen molar-refractivity contribution in [2.75, 3.05) is 19.5 Å². The molecule has 0 aliphatic rings. The van der Waals surface area contributed by atoms with Gasteiger partial charge in [0.1, 0.15) is 0 Å². The first-order valence-corrected chi connectivity index (χ1v) is 6.13. The minimum atomic E-state index is 0.402. The maximum Gasteiger partial charge on any atom is 0.240 e. The lowest BCUT2D eigenvalue weighted by Crippen LogP contribution is -2.03. The highest BCUT2D eigenvalue weighted by atomic mass is 32.1. The first-order valence-electron chi connectivity index (χ1n) is 5.25. The van der Waals surface area contributed by atoms with Crippen molar-refractivity contribution in [3.8, 4) is 11.8 Å². The molecular formula is C12H14N2O2S. The fraction of sp³-hybridized carbons (Fsp3) is 0.250. The fourth-order valence-corrected chi connectivity index (χ4v) is 2.08. The van der Waals surface area contributed by atoms with Gasteiger partial charge in [0, 0.05) is 17.4 Å². The number of hydrogen-bond donors (Lipinski definition) is 1. The van der Waals surface area contributed by atoms with Crippen molar-refractivity contribution in [1.29, 1.82) is 0 Å². The predicted molar refractivity (Wildman–Crippen MR) is 68.7 cm³/mol. The number of anilines is 1. The molecule has 2 rings (SSSR count). The number of ether oxygens (including phenoxy) is 2. The molecule has 2 aromatic heterocycles. The second-order valence-electron chi connectivity index (χ2n) is 3.43. The molecule has 0 saturated carbocycles. The molecule has 90 valence electrons. The van der Waals surface area contributed by atoms with E-state index in [-0.39, 0.29) is 0 Å².